The highest BCUT2D eigenvalue weighted by atomic mass is 16.5. The van der Waals surface area contributed by atoms with Gasteiger partial charge in [-0.3, -0.25) is 9.89 Å². The number of hydrogen-bond acceptors (Lipinski definition) is 3. The number of H-pyrrole nitrogens is 1. The number of rotatable bonds is 3. The van der Waals surface area contributed by atoms with Gasteiger partial charge in [0.05, 0.1) is 17.9 Å². The lowest BCUT2D eigenvalue weighted by molar-refractivity contribution is 0.0146. The molecule has 5 nitrogen and oxygen atoms in total. The van der Waals surface area contributed by atoms with Crippen LogP contribution in [0.15, 0.2) is 12.4 Å². The largest absolute Gasteiger partial charge is 0.378 e. The maximum atomic E-state index is 12.0. The molecule has 5 heteroatoms. The topological polar surface area (TPSA) is 58.2 Å². The molecule has 1 aromatic rings. The van der Waals surface area contributed by atoms with Crippen LogP contribution in [0.5, 0.6) is 0 Å². The van der Waals surface area contributed by atoms with Crippen molar-refractivity contribution in [2.75, 3.05) is 19.7 Å². The normalized spacial score (nSPS) is 17.7. The number of carbonyl (C=O) groups is 1. The SMILES string of the molecule is CCOC1CCN(C(=O)c2cn[nH]c2)CC1. The fraction of sp³-hybridized carbons (Fsp3) is 0.636. The highest BCUT2D eigenvalue weighted by Crippen LogP contribution is 2.15. The second kappa shape index (κ2) is 5.12. The molecule has 2 rings (SSSR count). The Morgan fingerprint density at radius 1 is 1.62 bits per heavy atom. The van der Waals surface area contributed by atoms with E-state index in [2.05, 4.69) is 10.2 Å². The lowest BCUT2D eigenvalue weighted by Gasteiger charge is -2.31. The van der Waals surface area contributed by atoms with Crippen LogP contribution in [0.3, 0.4) is 0 Å². The first kappa shape index (κ1) is 11.1. The molecular formula is C11H17N3O2. The van der Waals surface area contributed by atoms with Gasteiger partial charge in [0.1, 0.15) is 0 Å². The van der Waals surface area contributed by atoms with E-state index in [9.17, 15) is 4.79 Å². The molecule has 0 aliphatic carbocycles. The fourth-order valence-corrected chi connectivity index (χ4v) is 2.01. The van der Waals surface area contributed by atoms with Gasteiger partial charge < -0.3 is 9.64 Å². The van der Waals surface area contributed by atoms with Crippen LogP contribution in [0, 0.1) is 0 Å². The van der Waals surface area contributed by atoms with E-state index < -0.39 is 0 Å². The molecule has 2 heterocycles. The molecule has 0 saturated carbocycles. The van der Waals surface area contributed by atoms with Gasteiger partial charge in [0.25, 0.3) is 5.91 Å². The predicted octanol–water partition coefficient (Wildman–Crippen LogP) is 1.05. The maximum Gasteiger partial charge on any atom is 0.257 e. The molecule has 88 valence electrons. The van der Waals surface area contributed by atoms with Crippen molar-refractivity contribution in [2.45, 2.75) is 25.9 Å². The number of aromatic amines is 1. The minimum absolute atomic E-state index is 0.0590. The van der Waals surface area contributed by atoms with Gasteiger partial charge in [-0.1, -0.05) is 0 Å². The first-order valence-corrected chi connectivity index (χ1v) is 5.71. The zero-order valence-electron chi connectivity index (χ0n) is 9.48. The molecule has 1 amide bonds. The van der Waals surface area contributed by atoms with Crippen LogP contribution in [0.4, 0.5) is 0 Å². The number of carbonyl (C=O) groups excluding carboxylic acids is 1. The van der Waals surface area contributed by atoms with Crippen molar-refractivity contribution in [3.05, 3.63) is 18.0 Å². The first-order valence-electron chi connectivity index (χ1n) is 5.71. The Morgan fingerprint density at radius 3 is 2.94 bits per heavy atom. The van der Waals surface area contributed by atoms with Gasteiger partial charge in [-0.05, 0) is 19.8 Å². The first-order chi connectivity index (χ1) is 7.81. The molecule has 0 atom stereocenters. The average molecular weight is 223 g/mol. The highest BCUT2D eigenvalue weighted by Gasteiger charge is 2.23. The minimum atomic E-state index is 0.0590. The summed E-state index contributed by atoms with van der Waals surface area (Å²) in [5, 5.41) is 6.44. The van der Waals surface area contributed by atoms with Gasteiger partial charge >= 0.3 is 0 Å². The average Bonchev–Trinajstić information content (AvgIpc) is 2.83. The molecule has 1 aromatic heterocycles. The van der Waals surface area contributed by atoms with Crippen molar-refractivity contribution in [1.29, 1.82) is 0 Å². The Hall–Kier alpha value is -1.36. The van der Waals surface area contributed by atoms with Gasteiger partial charge in [0.2, 0.25) is 0 Å². The molecule has 0 spiro atoms. The second-order valence-electron chi connectivity index (χ2n) is 3.93. The lowest BCUT2D eigenvalue weighted by Crippen LogP contribution is -2.40. The van der Waals surface area contributed by atoms with Crippen molar-refractivity contribution in [3.8, 4) is 0 Å². The van der Waals surface area contributed by atoms with E-state index in [1.165, 1.54) is 0 Å². The lowest BCUT2D eigenvalue weighted by atomic mass is 10.1. The van der Waals surface area contributed by atoms with Gasteiger partial charge in [0, 0.05) is 25.9 Å². The number of likely N-dealkylation sites (tertiary alicyclic amines) is 1. The van der Waals surface area contributed by atoms with Crippen molar-refractivity contribution in [2.24, 2.45) is 0 Å². The highest BCUT2D eigenvalue weighted by molar-refractivity contribution is 5.93. The number of nitrogens with one attached hydrogen (secondary N) is 1. The molecule has 1 aliphatic rings. The number of ether oxygens (including phenoxy) is 1. The van der Waals surface area contributed by atoms with Crippen LogP contribution in [0.25, 0.3) is 0 Å². The van der Waals surface area contributed by atoms with E-state index in [4.69, 9.17) is 4.74 Å². The Bertz CT molecular complexity index is 329. The van der Waals surface area contributed by atoms with E-state index in [1.807, 2.05) is 11.8 Å². The molecule has 1 fully saturated rings. The Morgan fingerprint density at radius 2 is 2.38 bits per heavy atom. The smallest absolute Gasteiger partial charge is 0.257 e. The molecule has 0 unspecified atom stereocenters. The van der Waals surface area contributed by atoms with Crippen molar-refractivity contribution in [3.63, 3.8) is 0 Å². The Kier molecular flexibility index (Phi) is 3.56. The quantitative estimate of drug-likeness (QED) is 0.833. The monoisotopic (exact) mass is 223 g/mol. The summed E-state index contributed by atoms with van der Waals surface area (Å²) >= 11 is 0. The molecule has 16 heavy (non-hydrogen) atoms. The van der Waals surface area contributed by atoms with E-state index in [-0.39, 0.29) is 5.91 Å². The Balaban J connectivity index is 1.87. The molecule has 0 aromatic carbocycles. The third-order valence-electron chi connectivity index (χ3n) is 2.88. The number of aromatic nitrogens is 2. The zero-order chi connectivity index (χ0) is 11.4. The molecule has 1 aliphatic heterocycles. The third-order valence-corrected chi connectivity index (χ3v) is 2.88. The standard InChI is InChI=1S/C11H17N3O2/c1-2-16-10-3-5-14(6-4-10)11(15)9-7-12-13-8-9/h7-8,10H,2-6H2,1H3,(H,12,13). The summed E-state index contributed by atoms with van der Waals surface area (Å²) in [5.41, 5.74) is 0.634. The van der Waals surface area contributed by atoms with Crippen LogP contribution in [-0.4, -0.2) is 46.8 Å². The minimum Gasteiger partial charge on any atom is -0.378 e. The Labute approximate surface area is 94.8 Å². The van der Waals surface area contributed by atoms with Gasteiger partial charge in [-0.2, -0.15) is 5.10 Å². The van der Waals surface area contributed by atoms with E-state index in [0.717, 1.165) is 32.5 Å². The summed E-state index contributed by atoms with van der Waals surface area (Å²) in [6.07, 6.45) is 5.38. The van der Waals surface area contributed by atoms with E-state index in [0.29, 0.717) is 11.7 Å². The van der Waals surface area contributed by atoms with Crippen molar-refractivity contribution < 1.29 is 9.53 Å². The summed E-state index contributed by atoms with van der Waals surface area (Å²) in [6.45, 7) is 4.30. The molecular weight excluding hydrogens is 206 g/mol. The maximum absolute atomic E-state index is 12.0. The third kappa shape index (κ3) is 2.41. The number of amides is 1. The zero-order valence-corrected chi connectivity index (χ0v) is 9.48. The number of piperidine rings is 1. The predicted molar refractivity (Wildman–Crippen MR) is 59.1 cm³/mol. The second-order valence-corrected chi connectivity index (χ2v) is 3.93. The molecule has 0 radical (unpaired) electrons. The van der Waals surface area contributed by atoms with Crippen LogP contribution < -0.4 is 0 Å². The summed E-state index contributed by atoms with van der Waals surface area (Å²) in [7, 11) is 0. The molecule has 1 saturated heterocycles. The van der Waals surface area contributed by atoms with Crippen molar-refractivity contribution in [1.82, 2.24) is 15.1 Å². The summed E-state index contributed by atoms with van der Waals surface area (Å²) in [4.78, 5) is 13.8. The summed E-state index contributed by atoms with van der Waals surface area (Å²) < 4.78 is 5.55. The summed E-state index contributed by atoms with van der Waals surface area (Å²) in [5.74, 6) is 0.0590. The van der Waals surface area contributed by atoms with Crippen LogP contribution in [0.2, 0.25) is 0 Å². The van der Waals surface area contributed by atoms with Crippen LogP contribution in [-0.2, 0) is 4.74 Å². The summed E-state index contributed by atoms with van der Waals surface area (Å²) in [6, 6.07) is 0. The molecule has 1 N–H and O–H groups in total. The molecule has 0 bridgehead atoms. The number of hydrogen-bond donors (Lipinski definition) is 1. The van der Waals surface area contributed by atoms with Crippen molar-refractivity contribution >= 4 is 5.91 Å². The van der Waals surface area contributed by atoms with Gasteiger partial charge in [-0.15, -0.1) is 0 Å². The van der Waals surface area contributed by atoms with Gasteiger partial charge in [0.15, 0.2) is 0 Å². The van der Waals surface area contributed by atoms with Crippen LogP contribution in [0.1, 0.15) is 30.1 Å². The van der Waals surface area contributed by atoms with Crippen LogP contribution >= 0.6 is 0 Å². The van der Waals surface area contributed by atoms with E-state index in [1.54, 1.807) is 12.4 Å². The van der Waals surface area contributed by atoms with E-state index >= 15 is 0 Å². The fourth-order valence-electron chi connectivity index (χ4n) is 2.01. The number of nitrogens with zero attached hydrogens (tertiary/aromatic N) is 2. The van der Waals surface area contributed by atoms with Gasteiger partial charge in [-0.25, -0.2) is 0 Å².